The van der Waals surface area contributed by atoms with Gasteiger partial charge in [0.25, 0.3) is 0 Å². The first kappa shape index (κ1) is 19.7. The van der Waals surface area contributed by atoms with Gasteiger partial charge in [0.15, 0.2) is 0 Å². The van der Waals surface area contributed by atoms with Crippen LogP contribution in [-0.4, -0.2) is 68.6 Å². The molecule has 1 aliphatic carbocycles. The summed E-state index contributed by atoms with van der Waals surface area (Å²) < 4.78 is 24.7. The second-order valence-corrected chi connectivity index (χ2v) is 9.77. The van der Waals surface area contributed by atoms with Crippen molar-refractivity contribution in [2.45, 2.75) is 58.0 Å². The van der Waals surface area contributed by atoms with Crippen LogP contribution >= 0.6 is 0 Å². The Morgan fingerprint density at radius 2 is 1.79 bits per heavy atom. The first-order valence-corrected chi connectivity index (χ1v) is 11.0. The van der Waals surface area contributed by atoms with Crippen molar-refractivity contribution in [1.82, 2.24) is 14.5 Å². The molecule has 1 amide bonds. The molecule has 1 N–H and O–H groups in total. The van der Waals surface area contributed by atoms with E-state index in [-0.39, 0.29) is 11.9 Å². The lowest BCUT2D eigenvalue weighted by Gasteiger charge is -2.37. The highest BCUT2D eigenvalue weighted by atomic mass is 32.2. The van der Waals surface area contributed by atoms with Crippen LogP contribution in [0.3, 0.4) is 0 Å². The molecule has 140 valence electrons. The molecule has 2 rings (SSSR count). The van der Waals surface area contributed by atoms with Crippen LogP contribution in [0, 0.1) is 11.8 Å². The smallest absolute Gasteiger partial charge is 0.234 e. The fourth-order valence-electron chi connectivity index (χ4n) is 3.95. The van der Waals surface area contributed by atoms with Crippen LogP contribution in [0.1, 0.15) is 46.0 Å². The lowest BCUT2D eigenvalue weighted by molar-refractivity contribution is -0.124. The van der Waals surface area contributed by atoms with Crippen molar-refractivity contribution in [3.05, 3.63) is 0 Å². The van der Waals surface area contributed by atoms with Crippen LogP contribution in [0.25, 0.3) is 0 Å². The lowest BCUT2D eigenvalue weighted by atomic mass is 9.78. The van der Waals surface area contributed by atoms with E-state index < -0.39 is 10.0 Å². The SMILES string of the molecule is CC1CCCC(NC(=O)CN2CCC(N(C)S(C)(=O)=O)CC2)C1C. The van der Waals surface area contributed by atoms with Crippen molar-refractivity contribution >= 4 is 15.9 Å². The maximum absolute atomic E-state index is 12.3. The molecule has 0 bridgehead atoms. The molecule has 24 heavy (non-hydrogen) atoms. The van der Waals surface area contributed by atoms with Gasteiger partial charge in [0.1, 0.15) is 0 Å². The van der Waals surface area contributed by atoms with Crippen molar-refractivity contribution in [2.75, 3.05) is 32.9 Å². The molecule has 2 aliphatic rings. The molecule has 3 unspecified atom stereocenters. The number of carbonyl (C=O) groups is 1. The van der Waals surface area contributed by atoms with E-state index >= 15 is 0 Å². The van der Waals surface area contributed by atoms with Gasteiger partial charge < -0.3 is 5.32 Å². The largest absolute Gasteiger partial charge is 0.352 e. The van der Waals surface area contributed by atoms with Gasteiger partial charge in [0.05, 0.1) is 12.8 Å². The highest BCUT2D eigenvalue weighted by molar-refractivity contribution is 7.88. The van der Waals surface area contributed by atoms with Gasteiger partial charge in [-0.3, -0.25) is 9.69 Å². The van der Waals surface area contributed by atoms with Crippen LogP contribution in [0.15, 0.2) is 0 Å². The summed E-state index contributed by atoms with van der Waals surface area (Å²) in [5.74, 6) is 1.32. The molecule has 1 saturated carbocycles. The van der Waals surface area contributed by atoms with Crippen LogP contribution < -0.4 is 5.32 Å². The highest BCUT2D eigenvalue weighted by Crippen LogP contribution is 2.29. The number of likely N-dealkylation sites (tertiary alicyclic amines) is 1. The normalized spacial score (nSPS) is 30.5. The molecule has 0 radical (unpaired) electrons. The zero-order chi connectivity index (χ0) is 17.9. The second kappa shape index (κ2) is 8.15. The van der Waals surface area contributed by atoms with Crippen molar-refractivity contribution in [2.24, 2.45) is 11.8 Å². The minimum Gasteiger partial charge on any atom is -0.352 e. The summed E-state index contributed by atoms with van der Waals surface area (Å²) in [6, 6.07) is 0.355. The first-order valence-electron chi connectivity index (χ1n) is 9.13. The van der Waals surface area contributed by atoms with E-state index in [4.69, 9.17) is 0 Å². The van der Waals surface area contributed by atoms with Crippen molar-refractivity contribution in [3.63, 3.8) is 0 Å². The second-order valence-electron chi connectivity index (χ2n) is 7.73. The van der Waals surface area contributed by atoms with Gasteiger partial charge in [-0.2, -0.15) is 0 Å². The quantitative estimate of drug-likeness (QED) is 0.803. The number of hydrogen-bond donors (Lipinski definition) is 1. The standard InChI is InChI=1S/C17H33N3O3S/c1-13-6-5-7-16(14(13)2)18-17(21)12-20-10-8-15(9-11-20)19(3)24(4,22)23/h13-16H,5-12H2,1-4H3,(H,18,21). The van der Waals surface area contributed by atoms with Gasteiger partial charge in [0.2, 0.25) is 15.9 Å². The Bertz CT molecular complexity index is 529. The molecular formula is C17H33N3O3S. The topological polar surface area (TPSA) is 69.7 Å². The summed E-state index contributed by atoms with van der Waals surface area (Å²) in [6.45, 7) is 6.48. The molecule has 0 aromatic rings. The monoisotopic (exact) mass is 359 g/mol. The van der Waals surface area contributed by atoms with E-state index in [9.17, 15) is 13.2 Å². The predicted molar refractivity (Wildman–Crippen MR) is 96.2 cm³/mol. The summed E-state index contributed by atoms with van der Waals surface area (Å²) in [4.78, 5) is 14.5. The summed E-state index contributed by atoms with van der Waals surface area (Å²) >= 11 is 0. The Balaban J connectivity index is 1.76. The van der Waals surface area contributed by atoms with Gasteiger partial charge >= 0.3 is 0 Å². The lowest BCUT2D eigenvalue weighted by Crippen LogP contribution is -2.50. The predicted octanol–water partition coefficient (Wildman–Crippen LogP) is 1.28. The molecule has 7 heteroatoms. The van der Waals surface area contributed by atoms with Crippen LogP contribution in [0.5, 0.6) is 0 Å². The van der Waals surface area contributed by atoms with Crippen LogP contribution in [0.2, 0.25) is 0 Å². The van der Waals surface area contributed by atoms with Gasteiger partial charge in [-0.15, -0.1) is 0 Å². The number of nitrogens with one attached hydrogen (secondary N) is 1. The van der Waals surface area contributed by atoms with E-state index in [2.05, 4.69) is 24.1 Å². The minimum absolute atomic E-state index is 0.0542. The van der Waals surface area contributed by atoms with Gasteiger partial charge in [0, 0.05) is 32.2 Å². The van der Waals surface area contributed by atoms with Gasteiger partial charge in [-0.05, 0) is 31.1 Å². The fourth-order valence-corrected chi connectivity index (χ4v) is 4.71. The first-order chi connectivity index (χ1) is 11.2. The Morgan fingerprint density at radius 3 is 2.38 bits per heavy atom. The minimum atomic E-state index is -3.14. The fraction of sp³-hybridized carbons (Fsp3) is 0.941. The maximum Gasteiger partial charge on any atom is 0.234 e. The zero-order valence-corrected chi connectivity index (χ0v) is 16.3. The number of sulfonamides is 1. The molecule has 0 aromatic carbocycles. The number of rotatable bonds is 5. The zero-order valence-electron chi connectivity index (χ0n) is 15.5. The molecule has 3 atom stereocenters. The molecule has 1 saturated heterocycles. The van der Waals surface area contributed by atoms with Gasteiger partial charge in [-0.1, -0.05) is 26.7 Å². The third-order valence-electron chi connectivity index (χ3n) is 6.01. The number of amides is 1. The molecule has 2 fully saturated rings. The maximum atomic E-state index is 12.3. The third-order valence-corrected chi connectivity index (χ3v) is 7.36. The Hall–Kier alpha value is -0.660. The summed E-state index contributed by atoms with van der Waals surface area (Å²) in [5.41, 5.74) is 0. The van der Waals surface area contributed by atoms with Crippen molar-refractivity contribution in [1.29, 1.82) is 0 Å². The van der Waals surface area contributed by atoms with Crippen LogP contribution in [-0.2, 0) is 14.8 Å². The summed E-state index contributed by atoms with van der Waals surface area (Å²) in [6.07, 6.45) is 6.35. The average molecular weight is 360 g/mol. The Kier molecular flexibility index (Phi) is 6.67. The average Bonchev–Trinajstić information content (AvgIpc) is 2.51. The molecular weight excluding hydrogens is 326 g/mol. The molecule has 1 heterocycles. The summed E-state index contributed by atoms with van der Waals surface area (Å²) in [7, 11) is -1.49. The van der Waals surface area contributed by atoms with E-state index in [1.165, 1.54) is 23.4 Å². The number of hydrogen-bond acceptors (Lipinski definition) is 4. The third kappa shape index (κ3) is 5.17. The molecule has 1 aliphatic heterocycles. The Labute approximate surface area is 147 Å². The highest BCUT2D eigenvalue weighted by Gasteiger charge is 2.30. The van der Waals surface area contributed by atoms with E-state index in [1.54, 1.807) is 7.05 Å². The van der Waals surface area contributed by atoms with E-state index in [0.717, 1.165) is 32.4 Å². The van der Waals surface area contributed by atoms with E-state index in [0.29, 0.717) is 24.4 Å². The number of nitrogens with zero attached hydrogens (tertiary/aromatic N) is 2. The molecule has 0 spiro atoms. The molecule has 6 nitrogen and oxygen atoms in total. The van der Waals surface area contributed by atoms with Crippen molar-refractivity contribution in [3.8, 4) is 0 Å². The summed E-state index contributed by atoms with van der Waals surface area (Å²) in [5, 5.41) is 3.22. The van der Waals surface area contributed by atoms with Gasteiger partial charge in [-0.25, -0.2) is 12.7 Å². The molecule has 0 aromatic heterocycles. The Morgan fingerprint density at radius 1 is 1.17 bits per heavy atom. The van der Waals surface area contributed by atoms with Crippen molar-refractivity contribution < 1.29 is 13.2 Å². The number of carbonyl (C=O) groups excluding carboxylic acids is 1. The number of piperidine rings is 1. The van der Waals surface area contributed by atoms with Crippen LogP contribution in [0.4, 0.5) is 0 Å². The van der Waals surface area contributed by atoms with E-state index in [1.807, 2.05) is 0 Å².